The molecular formula is C18H18N4O3S2. The summed E-state index contributed by atoms with van der Waals surface area (Å²) in [5.74, 6) is 0.864. The number of thiazole rings is 1. The fourth-order valence-electron chi connectivity index (χ4n) is 3.04. The molecule has 0 aromatic carbocycles. The van der Waals surface area contributed by atoms with E-state index in [1.807, 2.05) is 17.5 Å². The number of piperidine rings is 1. The minimum absolute atomic E-state index is 0.0127. The van der Waals surface area contributed by atoms with Crippen LogP contribution in [0, 0.1) is 12.8 Å². The van der Waals surface area contributed by atoms with Gasteiger partial charge in [0.1, 0.15) is 15.6 Å². The van der Waals surface area contributed by atoms with Crippen molar-refractivity contribution < 1.29 is 14.1 Å². The molecule has 140 valence electrons. The maximum absolute atomic E-state index is 12.7. The molecule has 7 nitrogen and oxygen atoms in total. The predicted octanol–water partition coefficient (Wildman–Crippen LogP) is 3.66. The van der Waals surface area contributed by atoms with Gasteiger partial charge in [-0.3, -0.25) is 9.59 Å². The average Bonchev–Trinajstić information content (AvgIpc) is 3.43. The van der Waals surface area contributed by atoms with Gasteiger partial charge in [0, 0.05) is 25.1 Å². The Labute approximate surface area is 164 Å². The highest BCUT2D eigenvalue weighted by molar-refractivity contribution is 7.21. The van der Waals surface area contributed by atoms with Crippen molar-refractivity contribution in [1.29, 1.82) is 0 Å². The molecular weight excluding hydrogens is 384 g/mol. The Hall–Kier alpha value is -2.52. The fourth-order valence-corrected chi connectivity index (χ4v) is 4.73. The number of hydrogen-bond donors (Lipinski definition) is 1. The summed E-state index contributed by atoms with van der Waals surface area (Å²) in [7, 11) is 0. The van der Waals surface area contributed by atoms with Crippen LogP contribution in [0.5, 0.6) is 0 Å². The van der Waals surface area contributed by atoms with Crippen LogP contribution in [0.15, 0.2) is 34.3 Å². The Bertz CT molecular complexity index is 940. The van der Waals surface area contributed by atoms with Gasteiger partial charge >= 0.3 is 0 Å². The van der Waals surface area contributed by atoms with Crippen LogP contribution < -0.4 is 5.32 Å². The normalized spacial score (nSPS) is 15.1. The van der Waals surface area contributed by atoms with Gasteiger partial charge in [0.05, 0.1) is 11.1 Å². The van der Waals surface area contributed by atoms with Gasteiger partial charge in [-0.15, -0.1) is 22.7 Å². The summed E-state index contributed by atoms with van der Waals surface area (Å²) >= 11 is 3.02. The van der Waals surface area contributed by atoms with Crippen LogP contribution >= 0.6 is 22.7 Å². The lowest BCUT2D eigenvalue weighted by Crippen LogP contribution is -2.41. The van der Waals surface area contributed by atoms with E-state index in [0.717, 1.165) is 9.88 Å². The van der Waals surface area contributed by atoms with Crippen LogP contribution in [-0.4, -0.2) is 39.9 Å². The van der Waals surface area contributed by atoms with Gasteiger partial charge in [-0.1, -0.05) is 11.2 Å². The Balaban J connectivity index is 1.33. The summed E-state index contributed by atoms with van der Waals surface area (Å²) in [5, 5.41) is 9.41. The molecule has 4 rings (SSSR count). The first-order valence-corrected chi connectivity index (χ1v) is 10.3. The van der Waals surface area contributed by atoms with Crippen LogP contribution in [0.1, 0.15) is 28.3 Å². The summed E-state index contributed by atoms with van der Waals surface area (Å²) < 4.78 is 4.96. The summed E-state index contributed by atoms with van der Waals surface area (Å²) in [4.78, 5) is 33.0. The molecule has 3 aromatic rings. The summed E-state index contributed by atoms with van der Waals surface area (Å²) in [6.07, 6.45) is 2.91. The van der Waals surface area contributed by atoms with E-state index in [1.54, 1.807) is 35.4 Å². The smallest absolute Gasteiger partial charge is 0.265 e. The Morgan fingerprint density at radius 1 is 1.33 bits per heavy atom. The number of anilines is 1. The van der Waals surface area contributed by atoms with Gasteiger partial charge in [-0.2, -0.15) is 0 Å². The second kappa shape index (κ2) is 7.61. The second-order valence-corrected chi connectivity index (χ2v) is 8.36. The van der Waals surface area contributed by atoms with Crippen LogP contribution in [0.4, 0.5) is 5.82 Å². The molecule has 0 spiro atoms. The molecule has 4 heterocycles. The number of nitrogens with zero attached hydrogens (tertiary/aromatic N) is 3. The number of rotatable bonds is 4. The van der Waals surface area contributed by atoms with Crippen molar-refractivity contribution in [1.82, 2.24) is 15.0 Å². The van der Waals surface area contributed by atoms with E-state index in [0.29, 0.717) is 42.4 Å². The number of hydrogen-bond acceptors (Lipinski definition) is 7. The lowest BCUT2D eigenvalue weighted by molar-refractivity contribution is -0.121. The second-order valence-electron chi connectivity index (χ2n) is 6.39. The fraction of sp³-hybridized carbons (Fsp3) is 0.333. The minimum atomic E-state index is -0.130. The summed E-state index contributed by atoms with van der Waals surface area (Å²) in [6, 6.07) is 5.66. The number of aromatic nitrogens is 2. The molecule has 1 saturated heterocycles. The molecule has 0 saturated carbocycles. The molecule has 1 aliphatic rings. The molecule has 9 heteroatoms. The van der Waals surface area contributed by atoms with Gasteiger partial charge in [0.15, 0.2) is 5.82 Å². The van der Waals surface area contributed by atoms with Gasteiger partial charge in [-0.25, -0.2) is 4.98 Å². The van der Waals surface area contributed by atoms with E-state index >= 15 is 0 Å². The van der Waals surface area contributed by atoms with Crippen molar-refractivity contribution in [3.05, 3.63) is 40.4 Å². The third-order valence-corrected chi connectivity index (χ3v) is 6.51. The molecule has 1 N–H and O–H groups in total. The van der Waals surface area contributed by atoms with Crippen LogP contribution in [0.2, 0.25) is 0 Å². The van der Waals surface area contributed by atoms with E-state index in [1.165, 1.54) is 11.3 Å². The highest BCUT2D eigenvalue weighted by Crippen LogP contribution is 2.30. The number of likely N-dealkylation sites (tertiary alicyclic amines) is 1. The van der Waals surface area contributed by atoms with Crippen molar-refractivity contribution >= 4 is 40.3 Å². The number of aryl methyl sites for hydroxylation is 1. The van der Waals surface area contributed by atoms with E-state index in [9.17, 15) is 9.59 Å². The highest BCUT2D eigenvalue weighted by atomic mass is 32.1. The molecule has 27 heavy (non-hydrogen) atoms. The van der Waals surface area contributed by atoms with Crippen LogP contribution in [-0.2, 0) is 4.79 Å². The third-order valence-electron chi connectivity index (χ3n) is 4.48. The first kappa shape index (κ1) is 17.9. The van der Waals surface area contributed by atoms with Crippen molar-refractivity contribution in [2.24, 2.45) is 5.92 Å². The topological polar surface area (TPSA) is 88.3 Å². The Morgan fingerprint density at radius 3 is 2.81 bits per heavy atom. The summed E-state index contributed by atoms with van der Waals surface area (Å²) in [5.41, 5.74) is 0. The number of nitrogens with one attached hydrogen (secondary N) is 1. The van der Waals surface area contributed by atoms with Gasteiger partial charge in [0.25, 0.3) is 5.91 Å². The van der Waals surface area contributed by atoms with Gasteiger partial charge in [0.2, 0.25) is 5.91 Å². The van der Waals surface area contributed by atoms with E-state index in [4.69, 9.17) is 4.52 Å². The molecule has 0 aliphatic carbocycles. The van der Waals surface area contributed by atoms with Crippen LogP contribution in [0.25, 0.3) is 9.88 Å². The van der Waals surface area contributed by atoms with E-state index in [-0.39, 0.29) is 17.7 Å². The van der Waals surface area contributed by atoms with E-state index < -0.39 is 0 Å². The largest absolute Gasteiger partial charge is 0.360 e. The average molecular weight is 403 g/mol. The standard InChI is InChI=1S/C18H18N4O3S2/c1-11-9-15(21-25-11)20-16(23)12-4-6-22(7-5-12)18(24)14-10-19-17(27-14)13-3-2-8-26-13/h2-3,8-10,12H,4-7H2,1H3,(H,20,21,23). The lowest BCUT2D eigenvalue weighted by Gasteiger charge is -2.30. The van der Waals surface area contributed by atoms with E-state index in [2.05, 4.69) is 15.5 Å². The zero-order chi connectivity index (χ0) is 18.8. The molecule has 0 bridgehead atoms. The lowest BCUT2D eigenvalue weighted by atomic mass is 9.96. The molecule has 0 radical (unpaired) electrons. The number of thiophene rings is 1. The highest BCUT2D eigenvalue weighted by Gasteiger charge is 2.29. The molecule has 2 amide bonds. The number of amides is 2. The maximum Gasteiger partial charge on any atom is 0.265 e. The predicted molar refractivity (Wildman–Crippen MR) is 104 cm³/mol. The number of carbonyl (C=O) groups excluding carboxylic acids is 2. The quantitative estimate of drug-likeness (QED) is 0.719. The third kappa shape index (κ3) is 3.93. The summed E-state index contributed by atoms with van der Waals surface area (Å²) in [6.45, 7) is 2.89. The SMILES string of the molecule is Cc1cc(NC(=O)C2CCN(C(=O)c3cnc(-c4cccs4)s3)CC2)no1. The first-order chi connectivity index (χ1) is 13.1. The van der Waals surface area contributed by atoms with Crippen molar-refractivity contribution in [2.75, 3.05) is 18.4 Å². The maximum atomic E-state index is 12.7. The van der Waals surface area contributed by atoms with Gasteiger partial charge < -0.3 is 14.7 Å². The molecule has 3 aromatic heterocycles. The monoisotopic (exact) mass is 402 g/mol. The number of carbonyl (C=O) groups is 2. The van der Waals surface area contributed by atoms with Crippen molar-refractivity contribution in [2.45, 2.75) is 19.8 Å². The van der Waals surface area contributed by atoms with Crippen molar-refractivity contribution in [3.63, 3.8) is 0 Å². The minimum Gasteiger partial charge on any atom is -0.360 e. The Morgan fingerprint density at radius 2 is 2.15 bits per heavy atom. The Kier molecular flexibility index (Phi) is 5.04. The zero-order valence-electron chi connectivity index (χ0n) is 14.7. The molecule has 0 unspecified atom stereocenters. The van der Waals surface area contributed by atoms with Crippen LogP contribution in [0.3, 0.4) is 0 Å². The molecule has 1 fully saturated rings. The molecule has 0 atom stereocenters. The molecule has 1 aliphatic heterocycles. The van der Waals surface area contributed by atoms with Crippen molar-refractivity contribution in [3.8, 4) is 9.88 Å². The zero-order valence-corrected chi connectivity index (χ0v) is 16.3. The van der Waals surface area contributed by atoms with Gasteiger partial charge in [-0.05, 0) is 31.2 Å². The first-order valence-electron chi connectivity index (χ1n) is 8.63.